The number of ketones is 1. The molecule has 0 unspecified atom stereocenters. The predicted octanol–water partition coefficient (Wildman–Crippen LogP) is 0.936. The molecule has 42 valence electrons. The molecule has 2 heteroatoms. The summed E-state index contributed by atoms with van der Waals surface area (Å²) in [5.41, 5.74) is 0.435. The molecular formula is C6H7NO. The van der Waals surface area contributed by atoms with Gasteiger partial charge in [0.15, 0.2) is 5.78 Å². The van der Waals surface area contributed by atoms with Crippen molar-refractivity contribution in [3.05, 3.63) is 18.2 Å². The largest absolute Gasteiger partial charge is 0.289 e. The minimum Gasteiger partial charge on any atom is -0.289 e. The number of rotatable bonds is 2. The average Bonchev–Trinajstić information content (AvgIpc) is 1.67. The molecule has 0 saturated heterocycles. The lowest BCUT2D eigenvalue weighted by Crippen LogP contribution is -1.90. The topological polar surface area (TPSA) is 40.9 Å². The SMILES string of the molecule is C=C(C)C(=O)C=C=N. The van der Waals surface area contributed by atoms with Crippen molar-refractivity contribution in [3.63, 3.8) is 0 Å². The summed E-state index contributed by atoms with van der Waals surface area (Å²) in [6.07, 6.45) is 1.04. The zero-order valence-electron chi connectivity index (χ0n) is 4.69. The van der Waals surface area contributed by atoms with Crippen molar-refractivity contribution < 1.29 is 4.79 Å². The van der Waals surface area contributed by atoms with Gasteiger partial charge in [-0.2, -0.15) is 0 Å². The number of hydrogen-bond donors (Lipinski definition) is 1. The van der Waals surface area contributed by atoms with E-state index < -0.39 is 0 Å². The maximum Gasteiger partial charge on any atom is 0.190 e. The summed E-state index contributed by atoms with van der Waals surface area (Å²) in [4.78, 5) is 10.4. The lowest BCUT2D eigenvalue weighted by molar-refractivity contribution is -0.111. The second-order valence-electron chi connectivity index (χ2n) is 1.43. The highest BCUT2D eigenvalue weighted by Gasteiger charge is 1.92. The quantitative estimate of drug-likeness (QED) is 0.416. The Morgan fingerprint density at radius 1 is 1.88 bits per heavy atom. The zero-order chi connectivity index (χ0) is 6.57. The third-order valence-electron chi connectivity index (χ3n) is 0.624. The Labute approximate surface area is 48.0 Å². The van der Waals surface area contributed by atoms with Gasteiger partial charge in [-0.25, -0.2) is 0 Å². The summed E-state index contributed by atoms with van der Waals surface area (Å²) >= 11 is 0. The maximum atomic E-state index is 10.4. The highest BCUT2D eigenvalue weighted by Crippen LogP contribution is 1.87. The molecule has 0 aliphatic carbocycles. The molecule has 1 N–H and O–H groups in total. The van der Waals surface area contributed by atoms with Gasteiger partial charge >= 0.3 is 0 Å². The van der Waals surface area contributed by atoms with Crippen molar-refractivity contribution >= 4 is 11.7 Å². The number of carbonyl (C=O) groups excluding carboxylic acids is 1. The molecule has 0 fully saturated rings. The number of allylic oxidation sites excluding steroid dienone is 2. The third kappa shape index (κ3) is 2.11. The summed E-state index contributed by atoms with van der Waals surface area (Å²) in [6, 6.07) is 0. The number of nitrogens with one attached hydrogen (secondary N) is 1. The second kappa shape index (κ2) is 2.94. The Balaban J connectivity index is 4.05. The van der Waals surface area contributed by atoms with Crippen molar-refractivity contribution in [3.8, 4) is 0 Å². The van der Waals surface area contributed by atoms with Gasteiger partial charge in [0.2, 0.25) is 0 Å². The van der Waals surface area contributed by atoms with Crippen LogP contribution in [0.5, 0.6) is 0 Å². The fraction of sp³-hybridized carbons (Fsp3) is 0.167. The van der Waals surface area contributed by atoms with E-state index in [1.165, 1.54) is 0 Å². The Morgan fingerprint density at radius 2 is 2.38 bits per heavy atom. The number of hydrogen-bond acceptors (Lipinski definition) is 2. The number of carbonyl (C=O) groups is 1. The van der Waals surface area contributed by atoms with E-state index in [0.29, 0.717) is 5.57 Å². The molecule has 0 rings (SSSR count). The first-order valence-corrected chi connectivity index (χ1v) is 2.14. The molecule has 0 aliphatic rings. The monoisotopic (exact) mass is 109 g/mol. The van der Waals surface area contributed by atoms with E-state index in [0.717, 1.165) is 6.08 Å². The van der Waals surface area contributed by atoms with Crippen LogP contribution in [0, 0.1) is 5.41 Å². The summed E-state index contributed by atoms with van der Waals surface area (Å²) in [5, 5.41) is 6.36. The molecule has 0 radical (unpaired) electrons. The van der Waals surface area contributed by atoms with Crippen LogP contribution >= 0.6 is 0 Å². The van der Waals surface area contributed by atoms with Crippen LogP contribution in [-0.2, 0) is 4.79 Å². The lowest BCUT2D eigenvalue weighted by Gasteiger charge is -1.82. The average molecular weight is 109 g/mol. The molecule has 0 atom stereocenters. The van der Waals surface area contributed by atoms with Gasteiger partial charge in [-0.05, 0) is 18.4 Å². The smallest absolute Gasteiger partial charge is 0.190 e. The van der Waals surface area contributed by atoms with Crippen molar-refractivity contribution in [1.29, 1.82) is 5.41 Å². The molecule has 0 aromatic carbocycles. The van der Waals surface area contributed by atoms with Crippen LogP contribution in [0.3, 0.4) is 0 Å². The van der Waals surface area contributed by atoms with Gasteiger partial charge in [-0.1, -0.05) is 6.58 Å². The van der Waals surface area contributed by atoms with E-state index in [2.05, 4.69) is 6.58 Å². The highest BCUT2D eigenvalue weighted by molar-refractivity contribution is 6.07. The third-order valence-corrected chi connectivity index (χ3v) is 0.624. The van der Waals surface area contributed by atoms with Crippen molar-refractivity contribution in [2.75, 3.05) is 0 Å². The van der Waals surface area contributed by atoms with E-state index in [1.54, 1.807) is 6.92 Å². The van der Waals surface area contributed by atoms with Crippen molar-refractivity contribution in [1.82, 2.24) is 0 Å². The van der Waals surface area contributed by atoms with Gasteiger partial charge in [-0.3, -0.25) is 10.2 Å². The van der Waals surface area contributed by atoms with Gasteiger partial charge in [0.05, 0.1) is 0 Å². The highest BCUT2D eigenvalue weighted by atomic mass is 16.1. The molecule has 0 heterocycles. The van der Waals surface area contributed by atoms with Crippen molar-refractivity contribution in [2.45, 2.75) is 6.92 Å². The molecular weight excluding hydrogens is 102 g/mol. The first-order chi connectivity index (χ1) is 3.68. The van der Waals surface area contributed by atoms with Crippen LogP contribution in [-0.4, -0.2) is 11.7 Å². The molecule has 0 amide bonds. The maximum absolute atomic E-state index is 10.4. The first-order valence-electron chi connectivity index (χ1n) is 2.14. The van der Waals surface area contributed by atoms with E-state index in [1.807, 2.05) is 5.87 Å². The summed E-state index contributed by atoms with van der Waals surface area (Å²) in [5.74, 6) is 1.63. The predicted molar refractivity (Wildman–Crippen MR) is 32.1 cm³/mol. The molecule has 0 aromatic heterocycles. The minimum absolute atomic E-state index is 0.236. The molecule has 8 heavy (non-hydrogen) atoms. The van der Waals surface area contributed by atoms with Crippen LogP contribution in [0.2, 0.25) is 0 Å². The second-order valence-corrected chi connectivity index (χ2v) is 1.43. The van der Waals surface area contributed by atoms with Crippen LogP contribution in [0.1, 0.15) is 6.92 Å². The van der Waals surface area contributed by atoms with Crippen LogP contribution in [0.15, 0.2) is 18.2 Å². The first kappa shape index (κ1) is 6.86. The van der Waals surface area contributed by atoms with E-state index >= 15 is 0 Å². The summed E-state index contributed by atoms with van der Waals surface area (Å²) < 4.78 is 0. The Kier molecular flexibility index (Phi) is 2.52. The van der Waals surface area contributed by atoms with Crippen LogP contribution in [0.25, 0.3) is 0 Å². The minimum atomic E-state index is -0.236. The van der Waals surface area contributed by atoms with Gasteiger partial charge < -0.3 is 0 Å². The Bertz CT molecular complexity index is 159. The summed E-state index contributed by atoms with van der Waals surface area (Å²) in [6.45, 7) is 4.96. The fourth-order valence-corrected chi connectivity index (χ4v) is 0.189. The molecule has 0 aliphatic heterocycles. The van der Waals surface area contributed by atoms with E-state index in [4.69, 9.17) is 5.41 Å². The van der Waals surface area contributed by atoms with Gasteiger partial charge in [-0.15, -0.1) is 0 Å². The standard InChI is InChI=1S/C6H7NO/c1-5(2)6(8)3-4-7/h3,7H,1H2,2H3. The molecule has 0 spiro atoms. The fourth-order valence-electron chi connectivity index (χ4n) is 0.189. The van der Waals surface area contributed by atoms with Crippen molar-refractivity contribution in [2.24, 2.45) is 0 Å². The Hall–Kier alpha value is -1.14. The zero-order valence-corrected chi connectivity index (χ0v) is 4.69. The molecule has 0 aromatic rings. The lowest BCUT2D eigenvalue weighted by atomic mass is 10.2. The molecule has 0 saturated carbocycles. The molecule has 2 nitrogen and oxygen atoms in total. The van der Waals surface area contributed by atoms with E-state index in [-0.39, 0.29) is 5.78 Å². The normalized spacial score (nSPS) is 7.12. The Morgan fingerprint density at radius 3 is 2.50 bits per heavy atom. The van der Waals surface area contributed by atoms with Gasteiger partial charge in [0, 0.05) is 6.08 Å². The van der Waals surface area contributed by atoms with Gasteiger partial charge in [0.1, 0.15) is 0 Å². The summed E-state index contributed by atoms with van der Waals surface area (Å²) in [7, 11) is 0. The van der Waals surface area contributed by atoms with Crippen LogP contribution in [0.4, 0.5) is 0 Å². The molecule has 0 bridgehead atoms. The van der Waals surface area contributed by atoms with E-state index in [9.17, 15) is 4.79 Å². The van der Waals surface area contributed by atoms with Crippen LogP contribution < -0.4 is 0 Å². The van der Waals surface area contributed by atoms with Gasteiger partial charge in [0.25, 0.3) is 0 Å².